The fourth-order valence-corrected chi connectivity index (χ4v) is 3.28. The number of nitrogens with one attached hydrogen (secondary N) is 1. The maximum atomic E-state index is 12.7. The third-order valence-corrected chi connectivity index (χ3v) is 5.44. The lowest BCUT2D eigenvalue weighted by Crippen LogP contribution is -2.38. The van der Waals surface area contributed by atoms with Gasteiger partial charge in [-0.25, -0.2) is 9.48 Å². The van der Waals surface area contributed by atoms with Crippen LogP contribution in [0.15, 0.2) is 35.6 Å². The fourth-order valence-electron chi connectivity index (χ4n) is 3.28. The molecule has 0 saturated carbocycles. The number of nitrogens with zero attached hydrogens (tertiary/aromatic N) is 4. The van der Waals surface area contributed by atoms with Gasteiger partial charge < -0.3 is 10.1 Å². The van der Waals surface area contributed by atoms with Crippen molar-refractivity contribution in [1.29, 1.82) is 0 Å². The Morgan fingerprint density at radius 2 is 1.94 bits per heavy atom. The molecule has 0 saturated heterocycles. The number of benzene rings is 1. The zero-order valence-corrected chi connectivity index (χ0v) is 19.1. The van der Waals surface area contributed by atoms with Crippen LogP contribution in [0.25, 0.3) is 0 Å². The van der Waals surface area contributed by atoms with E-state index >= 15 is 0 Å². The summed E-state index contributed by atoms with van der Waals surface area (Å²) in [5.74, 6) is -0.846. The van der Waals surface area contributed by atoms with Gasteiger partial charge in [-0.2, -0.15) is 15.2 Å². The van der Waals surface area contributed by atoms with Crippen LogP contribution in [0.5, 0.6) is 0 Å². The summed E-state index contributed by atoms with van der Waals surface area (Å²) in [5.41, 5.74) is 2.58. The maximum Gasteiger partial charge on any atom is 0.355 e. The van der Waals surface area contributed by atoms with E-state index in [2.05, 4.69) is 15.5 Å². The molecule has 1 aromatic carbocycles. The Morgan fingerprint density at radius 3 is 2.66 bits per heavy atom. The van der Waals surface area contributed by atoms with E-state index in [9.17, 15) is 14.4 Å². The number of anilines is 2. The predicted molar refractivity (Wildman–Crippen MR) is 121 cm³/mol. The molecule has 9 nitrogen and oxygen atoms in total. The zero-order chi connectivity index (χ0) is 23.4. The standard InChI is InChI=1S/C23H29N5O4/c1-6-16(4)27-20(11-12-24-27)25-22(30)17(5)32-23(31)18-9-10-21(29)28(26-18)19-13-14(2)7-8-15(19)3/h7-8,11-13,16-17H,6,9-10H2,1-5H3,(H,25,30)/t16-,17+/m1/s1. The van der Waals surface area contributed by atoms with Crippen LogP contribution in [-0.4, -0.2) is 39.4 Å². The largest absolute Gasteiger partial charge is 0.448 e. The number of amides is 2. The number of rotatable bonds is 7. The Morgan fingerprint density at radius 1 is 1.19 bits per heavy atom. The number of carbonyl (C=O) groups excluding carboxylic acids is 3. The Hall–Kier alpha value is -3.49. The van der Waals surface area contributed by atoms with Gasteiger partial charge in [0.25, 0.3) is 5.91 Å². The Bertz CT molecular complexity index is 1060. The van der Waals surface area contributed by atoms with Crippen molar-refractivity contribution in [3.05, 3.63) is 41.6 Å². The van der Waals surface area contributed by atoms with Crippen molar-refractivity contribution in [3.8, 4) is 0 Å². The Balaban J connectivity index is 1.70. The van der Waals surface area contributed by atoms with E-state index in [1.807, 2.05) is 45.9 Å². The van der Waals surface area contributed by atoms with Gasteiger partial charge in [-0.1, -0.05) is 19.1 Å². The van der Waals surface area contributed by atoms with E-state index in [4.69, 9.17) is 4.74 Å². The molecular formula is C23H29N5O4. The molecule has 0 spiro atoms. The number of esters is 1. The highest BCUT2D eigenvalue weighted by Crippen LogP contribution is 2.25. The molecule has 0 bridgehead atoms. The van der Waals surface area contributed by atoms with Crippen LogP contribution in [0, 0.1) is 13.8 Å². The van der Waals surface area contributed by atoms with Crippen molar-refractivity contribution in [1.82, 2.24) is 9.78 Å². The second-order valence-electron chi connectivity index (χ2n) is 8.00. The highest BCUT2D eigenvalue weighted by Gasteiger charge is 2.29. The molecule has 2 aromatic rings. The Labute approximate surface area is 187 Å². The SMILES string of the molecule is CC[C@@H](C)n1nccc1NC(=O)[C@H](C)OC(=O)C1=NN(c2cc(C)ccc2C)C(=O)CC1. The quantitative estimate of drug-likeness (QED) is 0.665. The van der Waals surface area contributed by atoms with E-state index in [-0.39, 0.29) is 30.5 Å². The van der Waals surface area contributed by atoms with Crippen molar-refractivity contribution >= 4 is 35.0 Å². The summed E-state index contributed by atoms with van der Waals surface area (Å²) in [6.45, 7) is 9.31. The molecule has 2 atom stereocenters. The minimum Gasteiger partial charge on any atom is -0.448 e. The number of ether oxygens (including phenoxy) is 1. The van der Waals surface area contributed by atoms with Crippen LogP contribution in [0.3, 0.4) is 0 Å². The Kier molecular flexibility index (Phi) is 7.07. The molecule has 32 heavy (non-hydrogen) atoms. The molecule has 170 valence electrons. The molecule has 1 aromatic heterocycles. The van der Waals surface area contributed by atoms with Crippen molar-refractivity contribution in [2.75, 3.05) is 10.3 Å². The van der Waals surface area contributed by atoms with Crippen LogP contribution in [0.2, 0.25) is 0 Å². The first-order chi connectivity index (χ1) is 15.2. The lowest BCUT2D eigenvalue weighted by molar-refractivity contribution is -0.146. The number of aryl methyl sites for hydroxylation is 2. The molecule has 0 fully saturated rings. The number of carbonyl (C=O) groups is 3. The molecule has 3 rings (SSSR count). The molecule has 1 aliphatic rings. The minimum absolute atomic E-state index is 0.106. The van der Waals surface area contributed by atoms with Crippen molar-refractivity contribution < 1.29 is 19.1 Å². The number of aromatic nitrogens is 2. The summed E-state index contributed by atoms with van der Waals surface area (Å²) in [5, 5.41) is 12.5. The van der Waals surface area contributed by atoms with Gasteiger partial charge in [0.05, 0.1) is 17.9 Å². The lowest BCUT2D eigenvalue weighted by atomic mass is 10.1. The number of hydrogen-bond acceptors (Lipinski definition) is 6. The average Bonchev–Trinajstić information content (AvgIpc) is 3.23. The second-order valence-corrected chi connectivity index (χ2v) is 8.00. The van der Waals surface area contributed by atoms with Crippen LogP contribution in [0.1, 0.15) is 57.2 Å². The van der Waals surface area contributed by atoms with Crippen molar-refractivity contribution in [2.45, 2.75) is 66.0 Å². The second kappa shape index (κ2) is 9.76. The molecular weight excluding hydrogens is 410 g/mol. The maximum absolute atomic E-state index is 12.7. The van der Waals surface area contributed by atoms with Crippen molar-refractivity contribution in [3.63, 3.8) is 0 Å². The summed E-state index contributed by atoms with van der Waals surface area (Å²) in [7, 11) is 0. The van der Waals surface area contributed by atoms with E-state index in [1.165, 1.54) is 11.9 Å². The first-order valence-electron chi connectivity index (χ1n) is 10.7. The van der Waals surface area contributed by atoms with Crippen molar-refractivity contribution in [2.24, 2.45) is 5.10 Å². The van der Waals surface area contributed by atoms with Gasteiger partial charge in [-0.15, -0.1) is 0 Å². The van der Waals surface area contributed by atoms with Gasteiger partial charge in [-0.3, -0.25) is 9.59 Å². The van der Waals surface area contributed by atoms with Crippen LogP contribution in [-0.2, 0) is 19.1 Å². The predicted octanol–water partition coefficient (Wildman–Crippen LogP) is 3.52. The van der Waals surface area contributed by atoms with Gasteiger partial charge >= 0.3 is 5.97 Å². The van der Waals surface area contributed by atoms with E-state index in [1.54, 1.807) is 16.9 Å². The van der Waals surface area contributed by atoms with Crippen LogP contribution < -0.4 is 10.3 Å². The summed E-state index contributed by atoms with van der Waals surface area (Å²) in [6, 6.07) is 7.50. The molecule has 2 heterocycles. The first kappa shape index (κ1) is 23.2. The minimum atomic E-state index is -1.04. The smallest absolute Gasteiger partial charge is 0.355 e. The summed E-state index contributed by atoms with van der Waals surface area (Å²) < 4.78 is 7.06. The van der Waals surface area contributed by atoms with E-state index in [0.717, 1.165) is 17.5 Å². The molecule has 0 radical (unpaired) electrons. The van der Waals surface area contributed by atoms with E-state index < -0.39 is 18.0 Å². The molecule has 1 aliphatic heterocycles. The van der Waals surface area contributed by atoms with Gasteiger partial charge in [0.1, 0.15) is 11.5 Å². The number of hydrazone groups is 1. The topological polar surface area (TPSA) is 106 Å². The monoisotopic (exact) mass is 439 g/mol. The first-order valence-corrected chi connectivity index (χ1v) is 10.7. The zero-order valence-electron chi connectivity index (χ0n) is 19.1. The average molecular weight is 440 g/mol. The van der Waals surface area contributed by atoms with Crippen LogP contribution >= 0.6 is 0 Å². The summed E-state index contributed by atoms with van der Waals surface area (Å²) in [4.78, 5) is 37.7. The van der Waals surface area contributed by atoms with Gasteiger partial charge in [0.2, 0.25) is 5.91 Å². The normalized spacial score (nSPS) is 15.7. The molecule has 0 unspecified atom stereocenters. The highest BCUT2D eigenvalue weighted by atomic mass is 16.5. The third-order valence-electron chi connectivity index (χ3n) is 5.44. The molecule has 1 N–H and O–H groups in total. The molecule has 9 heteroatoms. The molecule has 2 amide bonds. The fraction of sp³-hybridized carbons (Fsp3) is 0.435. The number of hydrogen-bond donors (Lipinski definition) is 1. The third kappa shape index (κ3) is 5.04. The van der Waals surface area contributed by atoms with Gasteiger partial charge in [0.15, 0.2) is 6.10 Å². The van der Waals surface area contributed by atoms with Gasteiger partial charge in [-0.05, 0) is 51.3 Å². The highest BCUT2D eigenvalue weighted by molar-refractivity contribution is 6.38. The summed E-state index contributed by atoms with van der Waals surface area (Å²) >= 11 is 0. The lowest BCUT2D eigenvalue weighted by Gasteiger charge is -2.25. The van der Waals surface area contributed by atoms with E-state index in [0.29, 0.717) is 11.5 Å². The van der Waals surface area contributed by atoms with Crippen LogP contribution in [0.4, 0.5) is 11.5 Å². The molecule has 0 aliphatic carbocycles. The van der Waals surface area contributed by atoms with Gasteiger partial charge in [0, 0.05) is 18.9 Å². The summed E-state index contributed by atoms with van der Waals surface area (Å²) in [6.07, 6.45) is 1.71.